The molecule has 0 heterocycles. The van der Waals surface area contributed by atoms with E-state index in [4.69, 9.17) is 0 Å². The smallest absolute Gasteiger partial charge is 0.242 e. The van der Waals surface area contributed by atoms with Crippen molar-refractivity contribution in [3.8, 4) is 0 Å². The number of amides is 2. The first-order valence-electron chi connectivity index (χ1n) is 11.8. The predicted octanol–water partition coefficient (Wildman–Crippen LogP) is 5.54. The number of carbonyl (C=O) groups is 2. The van der Waals surface area contributed by atoms with Gasteiger partial charge >= 0.3 is 0 Å². The molecule has 0 spiro atoms. The summed E-state index contributed by atoms with van der Waals surface area (Å²) in [6, 6.07) is 25.2. The minimum absolute atomic E-state index is 0.130. The first-order valence-corrected chi connectivity index (χ1v) is 11.8. The van der Waals surface area contributed by atoms with Gasteiger partial charge in [0.15, 0.2) is 0 Å². The fourth-order valence-corrected chi connectivity index (χ4v) is 3.91. The van der Waals surface area contributed by atoms with E-state index in [-0.39, 0.29) is 36.5 Å². The molecule has 0 aliphatic carbocycles. The van der Waals surface area contributed by atoms with Gasteiger partial charge in [-0.25, -0.2) is 4.39 Å². The zero-order valence-electron chi connectivity index (χ0n) is 20.1. The van der Waals surface area contributed by atoms with Gasteiger partial charge in [0.2, 0.25) is 11.8 Å². The molecule has 34 heavy (non-hydrogen) atoms. The van der Waals surface area contributed by atoms with E-state index < -0.39 is 6.04 Å². The summed E-state index contributed by atoms with van der Waals surface area (Å²) in [5.41, 5.74) is 2.86. The van der Waals surface area contributed by atoms with E-state index in [1.165, 1.54) is 12.1 Å². The topological polar surface area (TPSA) is 49.4 Å². The maximum atomic E-state index is 13.7. The van der Waals surface area contributed by atoms with Crippen molar-refractivity contribution in [3.05, 3.63) is 107 Å². The summed E-state index contributed by atoms with van der Waals surface area (Å²) in [6.07, 6.45) is 0.219. The van der Waals surface area contributed by atoms with Gasteiger partial charge in [-0.05, 0) is 41.7 Å². The minimum atomic E-state index is -0.663. The number of nitrogens with zero attached hydrogens (tertiary/aromatic N) is 1. The van der Waals surface area contributed by atoms with Crippen LogP contribution in [-0.2, 0) is 16.1 Å². The van der Waals surface area contributed by atoms with Crippen LogP contribution in [-0.4, -0.2) is 29.3 Å². The molecule has 0 saturated heterocycles. The molecule has 2 amide bonds. The van der Waals surface area contributed by atoms with Crippen LogP contribution < -0.4 is 5.32 Å². The van der Waals surface area contributed by atoms with E-state index in [1.54, 1.807) is 24.0 Å². The first kappa shape index (κ1) is 25.2. The lowest BCUT2D eigenvalue weighted by molar-refractivity contribution is -0.140. The third-order valence-corrected chi connectivity index (χ3v) is 5.90. The second kappa shape index (κ2) is 12.1. The van der Waals surface area contributed by atoms with Gasteiger partial charge in [0, 0.05) is 25.4 Å². The molecule has 0 saturated carbocycles. The van der Waals surface area contributed by atoms with Gasteiger partial charge in [-0.2, -0.15) is 0 Å². The van der Waals surface area contributed by atoms with Gasteiger partial charge in [0.1, 0.15) is 11.9 Å². The summed E-state index contributed by atoms with van der Waals surface area (Å²) in [6.45, 7) is 6.56. The first-order chi connectivity index (χ1) is 16.3. The highest BCUT2D eigenvalue weighted by Gasteiger charge is 2.29. The molecule has 3 aromatic rings. The Labute approximate surface area is 201 Å². The number of hydrogen-bond donors (Lipinski definition) is 1. The number of carbonyl (C=O) groups excluding carboxylic acids is 2. The number of halogens is 1. The minimum Gasteiger partial charge on any atom is -0.354 e. The molecule has 0 fully saturated rings. The maximum Gasteiger partial charge on any atom is 0.242 e. The Morgan fingerprint density at radius 2 is 1.35 bits per heavy atom. The van der Waals surface area contributed by atoms with E-state index in [0.717, 1.165) is 16.7 Å². The SMILES string of the molecule is CC(C)CNC(=O)[C@H](C)N(Cc1ccc(F)cc1)C(=O)CC(c1ccccc1)c1ccccc1. The van der Waals surface area contributed by atoms with Crippen LogP contribution in [0.15, 0.2) is 84.9 Å². The lowest BCUT2D eigenvalue weighted by Crippen LogP contribution is -2.48. The van der Waals surface area contributed by atoms with Crippen LogP contribution in [0.1, 0.15) is 49.8 Å². The van der Waals surface area contributed by atoms with Crippen LogP contribution in [0.3, 0.4) is 0 Å². The molecule has 5 heteroatoms. The van der Waals surface area contributed by atoms with Crippen LogP contribution in [0.4, 0.5) is 4.39 Å². The number of nitrogens with one attached hydrogen (secondary N) is 1. The van der Waals surface area contributed by atoms with E-state index in [1.807, 2.05) is 74.5 Å². The molecule has 1 N–H and O–H groups in total. The molecule has 0 aromatic heterocycles. The fourth-order valence-electron chi connectivity index (χ4n) is 3.91. The average Bonchev–Trinajstić information content (AvgIpc) is 2.86. The second-order valence-electron chi connectivity index (χ2n) is 9.04. The third-order valence-electron chi connectivity index (χ3n) is 5.90. The average molecular weight is 461 g/mol. The molecule has 3 aromatic carbocycles. The maximum absolute atomic E-state index is 13.7. The molecule has 1 atom stereocenters. The summed E-state index contributed by atoms with van der Waals surface area (Å²) in [7, 11) is 0. The number of hydrogen-bond acceptors (Lipinski definition) is 2. The Kier molecular flexibility index (Phi) is 8.97. The van der Waals surface area contributed by atoms with E-state index >= 15 is 0 Å². The molecule has 0 unspecified atom stereocenters. The molecule has 3 rings (SSSR count). The molecule has 0 radical (unpaired) electrons. The van der Waals surface area contributed by atoms with E-state index in [0.29, 0.717) is 12.5 Å². The van der Waals surface area contributed by atoms with Crippen molar-refractivity contribution < 1.29 is 14.0 Å². The van der Waals surface area contributed by atoms with Crippen molar-refractivity contribution in [1.82, 2.24) is 10.2 Å². The van der Waals surface area contributed by atoms with Crippen LogP contribution in [0.25, 0.3) is 0 Å². The second-order valence-corrected chi connectivity index (χ2v) is 9.04. The standard InChI is InChI=1S/C29H33FN2O2/c1-21(2)19-31-29(34)22(3)32(20-23-14-16-26(30)17-15-23)28(33)18-27(24-10-6-4-7-11-24)25-12-8-5-9-13-25/h4-17,21-22,27H,18-20H2,1-3H3,(H,31,34)/t22-/m0/s1. The van der Waals surface area contributed by atoms with Crippen LogP contribution in [0.2, 0.25) is 0 Å². The molecular formula is C29H33FN2O2. The molecule has 4 nitrogen and oxygen atoms in total. The molecule has 0 aliphatic heterocycles. The Balaban J connectivity index is 1.88. The van der Waals surface area contributed by atoms with Crippen LogP contribution in [0, 0.1) is 11.7 Å². The molecular weight excluding hydrogens is 427 g/mol. The van der Waals surface area contributed by atoms with Crippen molar-refractivity contribution in [3.63, 3.8) is 0 Å². The molecule has 178 valence electrons. The summed E-state index contributed by atoms with van der Waals surface area (Å²) in [5.74, 6) is -0.499. The van der Waals surface area contributed by atoms with E-state index in [9.17, 15) is 14.0 Å². The Morgan fingerprint density at radius 1 is 0.824 bits per heavy atom. The summed E-state index contributed by atoms with van der Waals surface area (Å²) in [4.78, 5) is 28.2. The Hall–Kier alpha value is -3.47. The number of benzene rings is 3. The molecule has 0 aliphatic rings. The zero-order valence-corrected chi connectivity index (χ0v) is 20.1. The van der Waals surface area contributed by atoms with Gasteiger partial charge in [-0.3, -0.25) is 9.59 Å². The lowest BCUT2D eigenvalue weighted by atomic mass is 9.88. The van der Waals surface area contributed by atoms with Crippen LogP contribution >= 0.6 is 0 Å². The predicted molar refractivity (Wildman–Crippen MR) is 134 cm³/mol. The van der Waals surface area contributed by atoms with Crippen molar-refractivity contribution in [1.29, 1.82) is 0 Å². The highest BCUT2D eigenvalue weighted by Crippen LogP contribution is 2.29. The highest BCUT2D eigenvalue weighted by molar-refractivity contribution is 5.87. The number of rotatable bonds is 10. The van der Waals surface area contributed by atoms with Crippen molar-refractivity contribution >= 4 is 11.8 Å². The quantitative estimate of drug-likeness (QED) is 0.432. The zero-order chi connectivity index (χ0) is 24.5. The largest absolute Gasteiger partial charge is 0.354 e. The molecule has 0 bridgehead atoms. The van der Waals surface area contributed by atoms with Gasteiger partial charge < -0.3 is 10.2 Å². The lowest BCUT2D eigenvalue weighted by Gasteiger charge is -2.31. The van der Waals surface area contributed by atoms with Crippen LogP contribution in [0.5, 0.6) is 0 Å². The fraction of sp³-hybridized carbons (Fsp3) is 0.310. The van der Waals surface area contributed by atoms with Gasteiger partial charge in [0.05, 0.1) is 0 Å². The summed E-state index contributed by atoms with van der Waals surface area (Å²) < 4.78 is 13.4. The Bertz CT molecular complexity index is 1010. The van der Waals surface area contributed by atoms with Gasteiger partial charge in [0.25, 0.3) is 0 Å². The highest BCUT2D eigenvalue weighted by atomic mass is 19.1. The van der Waals surface area contributed by atoms with Crippen molar-refractivity contribution in [2.24, 2.45) is 5.92 Å². The van der Waals surface area contributed by atoms with Crippen molar-refractivity contribution in [2.45, 2.75) is 45.7 Å². The normalized spacial score (nSPS) is 11.9. The van der Waals surface area contributed by atoms with Gasteiger partial charge in [-0.1, -0.05) is 86.6 Å². The van der Waals surface area contributed by atoms with Gasteiger partial charge in [-0.15, -0.1) is 0 Å². The summed E-state index contributed by atoms with van der Waals surface area (Å²) >= 11 is 0. The van der Waals surface area contributed by atoms with Crippen molar-refractivity contribution in [2.75, 3.05) is 6.54 Å². The summed E-state index contributed by atoms with van der Waals surface area (Å²) in [5, 5.41) is 2.94. The Morgan fingerprint density at radius 3 is 1.85 bits per heavy atom. The third kappa shape index (κ3) is 7.01. The monoisotopic (exact) mass is 460 g/mol. The van der Waals surface area contributed by atoms with E-state index in [2.05, 4.69) is 5.32 Å².